The first kappa shape index (κ1) is 14.9. The fourth-order valence-corrected chi connectivity index (χ4v) is 2.35. The van der Waals surface area contributed by atoms with Crippen LogP contribution in [0.4, 0.5) is 10.5 Å². The van der Waals surface area contributed by atoms with Gasteiger partial charge < -0.3 is 4.74 Å². The fourth-order valence-electron chi connectivity index (χ4n) is 2.35. The number of carbonyl (C=O) groups is 1. The molecule has 0 N–H and O–H groups in total. The Bertz CT molecular complexity index is 521. The average Bonchev–Trinajstić information content (AvgIpc) is 2.67. The molecule has 0 fully saturated rings. The lowest BCUT2D eigenvalue weighted by Gasteiger charge is -2.26. The van der Waals surface area contributed by atoms with Gasteiger partial charge in [-0.25, -0.2) is 4.79 Å². The zero-order valence-electron chi connectivity index (χ0n) is 13.4. The van der Waals surface area contributed by atoms with Gasteiger partial charge in [-0.05, 0) is 49.8 Å². The number of benzene rings is 1. The number of hydrogen-bond donors (Lipinski definition) is 0. The molecular weight excluding hydrogens is 250 g/mol. The highest BCUT2D eigenvalue weighted by Gasteiger charge is 2.30. The van der Waals surface area contributed by atoms with Crippen molar-refractivity contribution in [1.29, 1.82) is 0 Å². The molecule has 1 aromatic carbocycles. The molecular formula is C17H25NO2. The van der Waals surface area contributed by atoms with Gasteiger partial charge in [0.1, 0.15) is 5.60 Å². The summed E-state index contributed by atoms with van der Waals surface area (Å²) >= 11 is 0. The predicted molar refractivity (Wildman–Crippen MR) is 82.4 cm³/mol. The molecule has 0 atom stereocenters. The van der Waals surface area contributed by atoms with Crippen molar-refractivity contribution in [2.75, 3.05) is 11.4 Å². The van der Waals surface area contributed by atoms with Crippen LogP contribution in [0.2, 0.25) is 0 Å². The number of anilines is 1. The van der Waals surface area contributed by atoms with Crippen LogP contribution in [0.15, 0.2) is 18.2 Å². The summed E-state index contributed by atoms with van der Waals surface area (Å²) in [5.41, 5.74) is 3.10. The van der Waals surface area contributed by atoms with Crippen LogP contribution in [0, 0.1) is 0 Å². The van der Waals surface area contributed by atoms with E-state index in [1.54, 1.807) is 4.90 Å². The van der Waals surface area contributed by atoms with E-state index in [4.69, 9.17) is 4.74 Å². The normalized spacial score (nSPS) is 15.2. The molecule has 110 valence electrons. The molecule has 0 saturated heterocycles. The van der Waals surface area contributed by atoms with E-state index in [0.717, 1.165) is 12.1 Å². The van der Waals surface area contributed by atoms with E-state index in [1.807, 2.05) is 20.8 Å². The van der Waals surface area contributed by atoms with Crippen molar-refractivity contribution >= 4 is 11.8 Å². The largest absolute Gasteiger partial charge is 0.443 e. The molecule has 0 aliphatic carbocycles. The lowest BCUT2D eigenvalue weighted by Crippen LogP contribution is -2.35. The summed E-state index contributed by atoms with van der Waals surface area (Å²) < 4.78 is 5.49. The lowest BCUT2D eigenvalue weighted by molar-refractivity contribution is 0.0584. The van der Waals surface area contributed by atoms with Gasteiger partial charge in [0.2, 0.25) is 0 Å². The third kappa shape index (κ3) is 3.14. The van der Waals surface area contributed by atoms with E-state index in [1.165, 1.54) is 11.1 Å². The smallest absolute Gasteiger partial charge is 0.414 e. The lowest BCUT2D eigenvalue weighted by atomic mass is 9.86. The Morgan fingerprint density at radius 3 is 2.35 bits per heavy atom. The van der Waals surface area contributed by atoms with Gasteiger partial charge in [-0.2, -0.15) is 0 Å². The standard InChI is InChI=1S/C17H25NO2/c1-16(2,3)13-8-7-12-9-10-18(14(12)11-13)15(19)20-17(4,5)6/h7-8,11H,9-10H2,1-6H3. The molecule has 0 saturated carbocycles. The summed E-state index contributed by atoms with van der Waals surface area (Å²) in [6.07, 6.45) is 0.654. The molecule has 3 heteroatoms. The Kier molecular flexibility index (Phi) is 3.57. The van der Waals surface area contributed by atoms with Crippen molar-refractivity contribution in [2.45, 2.75) is 59.0 Å². The van der Waals surface area contributed by atoms with Crippen LogP contribution in [0.1, 0.15) is 52.7 Å². The molecule has 0 radical (unpaired) electrons. The van der Waals surface area contributed by atoms with Gasteiger partial charge >= 0.3 is 6.09 Å². The van der Waals surface area contributed by atoms with E-state index in [0.29, 0.717) is 6.54 Å². The number of nitrogens with zero attached hydrogens (tertiary/aromatic N) is 1. The molecule has 1 aromatic rings. The van der Waals surface area contributed by atoms with Crippen molar-refractivity contribution < 1.29 is 9.53 Å². The van der Waals surface area contributed by atoms with Crippen molar-refractivity contribution in [3.63, 3.8) is 0 Å². The molecule has 0 bridgehead atoms. The number of amides is 1. The van der Waals surface area contributed by atoms with Crippen LogP contribution >= 0.6 is 0 Å². The second-order valence-corrected chi connectivity index (χ2v) is 7.48. The maximum Gasteiger partial charge on any atom is 0.414 e. The molecule has 2 rings (SSSR count). The topological polar surface area (TPSA) is 29.5 Å². The molecule has 1 heterocycles. The third-order valence-electron chi connectivity index (χ3n) is 3.46. The van der Waals surface area contributed by atoms with Gasteiger partial charge in [-0.3, -0.25) is 4.90 Å². The minimum atomic E-state index is -0.457. The Labute approximate surface area is 121 Å². The van der Waals surface area contributed by atoms with Crippen LogP contribution in [-0.2, 0) is 16.6 Å². The summed E-state index contributed by atoms with van der Waals surface area (Å²) in [6.45, 7) is 12.9. The Morgan fingerprint density at radius 1 is 1.15 bits per heavy atom. The number of rotatable bonds is 0. The van der Waals surface area contributed by atoms with Crippen molar-refractivity contribution in [3.05, 3.63) is 29.3 Å². The van der Waals surface area contributed by atoms with Crippen LogP contribution in [0.25, 0.3) is 0 Å². The van der Waals surface area contributed by atoms with Crippen LogP contribution in [0.5, 0.6) is 0 Å². The van der Waals surface area contributed by atoms with Gasteiger partial charge in [-0.15, -0.1) is 0 Å². The molecule has 1 amide bonds. The van der Waals surface area contributed by atoms with Gasteiger partial charge in [-0.1, -0.05) is 32.9 Å². The second kappa shape index (κ2) is 4.80. The van der Waals surface area contributed by atoms with Crippen LogP contribution < -0.4 is 4.90 Å². The van der Waals surface area contributed by atoms with Gasteiger partial charge in [0, 0.05) is 6.54 Å². The monoisotopic (exact) mass is 275 g/mol. The Balaban J connectivity index is 2.29. The van der Waals surface area contributed by atoms with Crippen LogP contribution in [-0.4, -0.2) is 18.2 Å². The van der Waals surface area contributed by atoms with Crippen molar-refractivity contribution in [3.8, 4) is 0 Å². The number of hydrogen-bond acceptors (Lipinski definition) is 2. The first-order chi connectivity index (χ1) is 9.08. The molecule has 1 aliphatic rings. The predicted octanol–water partition coefficient (Wildman–Crippen LogP) is 4.28. The summed E-state index contributed by atoms with van der Waals surface area (Å²) in [5, 5.41) is 0. The first-order valence-corrected chi connectivity index (χ1v) is 7.22. The van der Waals surface area contributed by atoms with E-state index in [2.05, 4.69) is 39.0 Å². The maximum absolute atomic E-state index is 12.3. The average molecular weight is 275 g/mol. The van der Waals surface area contributed by atoms with E-state index in [9.17, 15) is 4.79 Å². The summed E-state index contributed by atoms with van der Waals surface area (Å²) in [6, 6.07) is 6.43. The number of fused-ring (bicyclic) bond motifs is 1. The first-order valence-electron chi connectivity index (χ1n) is 7.22. The summed E-state index contributed by atoms with van der Waals surface area (Å²) in [7, 11) is 0. The quantitative estimate of drug-likeness (QED) is 0.707. The number of carbonyl (C=O) groups excluding carboxylic acids is 1. The van der Waals surface area contributed by atoms with Crippen molar-refractivity contribution in [2.24, 2.45) is 0 Å². The van der Waals surface area contributed by atoms with Crippen LogP contribution in [0.3, 0.4) is 0 Å². The van der Waals surface area contributed by atoms with Gasteiger partial charge in [0.25, 0.3) is 0 Å². The van der Waals surface area contributed by atoms with Gasteiger partial charge in [0.15, 0.2) is 0 Å². The fraction of sp³-hybridized carbons (Fsp3) is 0.588. The minimum absolute atomic E-state index is 0.0806. The minimum Gasteiger partial charge on any atom is -0.443 e. The highest BCUT2D eigenvalue weighted by Crippen LogP contribution is 2.34. The SMILES string of the molecule is CC(C)(C)OC(=O)N1CCc2ccc(C(C)(C)C)cc21. The van der Waals surface area contributed by atoms with Crippen molar-refractivity contribution in [1.82, 2.24) is 0 Å². The van der Waals surface area contributed by atoms with E-state index < -0.39 is 5.60 Å². The molecule has 20 heavy (non-hydrogen) atoms. The molecule has 0 aromatic heterocycles. The zero-order chi connectivity index (χ0) is 15.1. The Morgan fingerprint density at radius 2 is 1.80 bits per heavy atom. The second-order valence-electron chi connectivity index (χ2n) is 7.48. The van der Waals surface area contributed by atoms with Gasteiger partial charge in [0.05, 0.1) is 5.69 Å². The Hall–Kier alpha value is -1.51. The number of ether oxygens (including phenoxy) is 1. The summed E-state index contributed by atoms with van der Waals surface area (Å²) in [4.78, 5) is 14.0. The van der Waals surface area contributed by atoms with E-state index >= 15 is 0 Å². The zero-order valence-corrected chi connectivity index (χ0v) is 13.4. The summed E-state index contributed by atoms with van der Waals surface area (Å²) in [5.74, 6) is 0. The maximum atomic E-state index is 12.3. The molecule has 0 unspecified atom stereocenters. The molecule has 0 spiro atoms. The third-order valence-corrected chi connectivity index (χ3v) is 3.46. The highest BCUT2D eigenvalue weighted by molar-refractivity contribution is 5.90. The molecule has 3 nitrogen and oxygen atoms in total. The molecule has 1 aliphatic heterocycles. The van der Waals surface area contributed by atoms with E-state index in [-0.39, 0.29) is 11.5 Å². The highest BCUT2D eigenvalue weighted by atomic mass is 16.6.